The van der Waals surface area contributed by atoms with Crippen molar-refractivity contribution in [2.45, 2.75) is 25.6 Å². The van der Waals surface area contributed by atoms with E-state index in [-0.39, 0.29) is 36.5 Å². The fourth-order valence-corrected chi connectivity index (χ4v) is 2.48. The van der Waals surface area contributed by atoms with Gasteiger partial charge in [-0.25, -0.2) is 4.39 Å². The summed E-state index contributed by atoms with van der Waals surface area (Å²) in [5.41, 5.74) is 7.26. The van der Waals surface area contributed by atoms with Gasteiger partial charge in [-0.3, -0.25) is 4.79 Å². The molecule has 2 rings (SSSR count). The van der Waals surface area contributed by atoms with Gasteiger partial charge in [-0.15, -0.1) is 24.8 Å². The van der Waals surface area contributed by atoms with Gasteiger partial charge in [-0.2, -0.15) is 0 Å². The molecular weight excluding hydrogens is 376 g/mol. The molecule has 0 heterocycles. The van der Waals surface area contributed by atoms with Crippen molar-refractivity contribution in [3.05, 3.63) is 71.0 Å². The van der Waals surface area contributed by atoms with Crippen LogP contribution in [-0.4, -0.2) is 24.9 Å². The molecule has 0 aliphatic heterocycles. The zero-order valence-corrected chi connectivity index (χ0v) is 16.8. The fraction of sp³-hybridized carbons (Fsp3) is 0.316. The quantitative estimate of drug-likeness (QED) is 0.780. The van der Waals surface area contributed by atoms with Crippen LogP contribution >= 0.6 is 24.8 Å². The Hall–Kier alpha value is -1.66. The van der Waals surface area contributed by atoms with Crippen LogP contribution in [0.15, 0.2) is 48.5 Å². The van der Waals surface area contributed by atoms with E-state index >= 15 is 0 Å². The van der Waals surface area contributed by atoms with Crippen molar-refractivity contribution >= 4 is 30.7 Å². The number of hydrogen-bond acceptors (Lipinski definition) is 3. The highest BCUT2D eigenvalue weighted by molar-refractivity contribution is 5.87. The zero-order chi connectivity index (χ0) is 17.7. The molecule has 0 aliphatic rings. The van der Waals surface area contributed by atoms with Gasteiger partial charge < -0.3 is 16.0 Å². The summed E-state index contributed by atoms with van der Waals surface area (Å²) in [7, 11) is 3.77. The SMILES string of the molecule is CN(C)Cc1cc(CNC(=O)C(C)(N)c2ccccc2)ccc1F.Cl.Cl. The van der Waals surface area contributed by atoms with Crippen LogP contribution in [-0.2, 0) is 23.4 Å². The van der Waals surface area contributed by atoms with Gasteiger partial charge in [0.2, 0.25) is 5.91 Å². The molecule has 2 aromatic rings. The van der Waals surface area contributed by atoms with E-state index in [9.17, 15) is 9.18 Å². The number of nitrogens with one attached hydrogen (secondary N) is 1. The Morgan fingerprint density at radius 3 is 2.35 bits per heavy atom. The van der Waals surface area contributed by atoms with Crippen molar-refractivity contribution in [2.75, 3.05) is 14.1 Å². The number of nitrogens with two attached hydrogens (primary N) is 1. The first-order valence-corrected chi connectivity index (χ1v) is 7.85. The molecular formula is C19H26Cl2FN3O. The largest absolute Gasteiger partial charge is 0.350 e. The third kappa shape index (κ3) is 6.25. The highest BCUT2D eigenvalue weighted by atomic mass is 35.5. The third-order valence-electron chi connectivity index (χ3n) is 3.89. The number of hydrogen-bond donors (Lipinski definition) is 2. The van der Waals surface area contributed by atoms with Gasteiger partial charge in [0.05, 0.1) is 0 Å². The second kappa shape index (κ2) is 10.5. The number of carbonyl (C=O) groups excluding carboxylic acids is 1. The summed E-state index contributed by atoms with van der Waals surface area (Å²) in [6.45, 7) is 2.49. The molecule has 4 nitrogen and oxygen atoms in total. The zero-order valence-electron chi connectivity index (χ0n) is 15.2. The lowest BCUT2D eigenvalue weighted by molar-refractivity contribution is -0.126. The second-order valence-electron chi connectivity index (χ2n) is 6.41. The van der Waals surface area contributed by atoms with Crippen LogP contribution in [0, 0.1) is 5.82 Å². The molecule has 7 heteroatoms. The van der Waals surface area contributed by atoms with E-state index in [2.05, 4.69) is 5.32 Å². The molecule has 2 aromatic carbocycles. The van der Waals surface area contributed by atoms with Gasteiger partial charge in [0.25, 0.3) is 0 Å². The second-order valence-corrected chi connectivity index (χ2v) is 6.41. The summed E-state index contributed by atoms with van der Waals surface area (Å²) in [5.74, 6) is -0.515. The maximum atomic E-state index is 13.8. The third-order valence-corrected chi connectivity index (χ3v) is 3.89. The lowest BCUT2D eigenvalue weighted by Crippen LogP contribution is -2.48. The minimum Gasteiger partial charge on any atom is -0.350 e. The lowest BCUT2D eigenvalue weighted by atomic mass is 9.92. The van der Waals surface area contributed by atoms with Crippen molar-refractivity contribution in [2.24, 2.45) is 5.73 Å². The molecule has 0 bridgehead atoms. The number of rotatable bonds is 6. The van der Waals surface area contributed by atoms with E-state index in [1.165, 1.54) is 6.07 Å². The number of carbonyl (C=O) groups is 1. The minimum atomic E-state index is -1.12. The summed E-state index contributed by atoms with van der Waals surface area (Å²) >= 11 is 0. The van der Waals surface area contributed by atoms with Gasteiger partial charge in [-0.05, 0) is 44.3 Å². The van der Waals surface area contributed by atoms with Crippen LogP contribution in [0.5, 0.6) is 0 Å². The van der Waals surface area contributed by atoms with Crippen LogP contribution in [0.1, 0.15) is 23.6 Å². The van der Waals surface area contributed by atoms with Gasteiger partial charge >= 0.3 is 0 Å². The molecule has 1 amide bonds. The molecule has 3 N–H and O–H groups in total. The van der Waals surface area contributed by atoms with E-state index in [1.54, 1.807) is 19.1 Å². The Morgan fingerprint density at radius 1 is 1.15 bits per heavy atom. The van der Waals surface area contributed by atoms with Crippen LogP contribution in [0.3, 0.4) is 0 Å². The number of benzene rings is 2. The Balaban J connectivity index is 0.00000312. The van der Waals surface area contributed by atoms with Gasteiger partial charge in [0, 0.05) is 18.7 Å². The first kappa shape index (κ1) is 24.3. The Labute approximate surface area is 166 Å². The average Bonchev–Trinajstić information content (AvgIpc) is 2.55. The predicted octanol–water partition coefficient (Wildman–Crippen LogP) is 3.22. The first-order valence-electron chi connectivity index (χ1n) is 7.85. The van der Waals surface area contributed by atoms with Crippen LogP contribution < -0.4 is 11.1 Å². The topological polar surface area (TPSA) is 58.4 Å². The molecule has 144 valence electrons. The molecule has 0 radical (unpaired) electrons. The molecule has 0 spiro atoms. The Bertz CT molecular complexity index is 709. The molecule has 0 saturated heterocycles. The summed E-state index contributed by atoms with van der Waals surface area (Å²) in [4.78, 5) is 14.3. The Kier molecular flexibility index (Phi) is 9.81. The van der Waals surface area contributed by atoms with E-state index in [0.717, 1.165) is 11.1 Å². The predicted molar refractivity (Wildman–Crippen MR) is 108 cm³/mol. The smallest absolute Gasteiger partial charge is 0.244 e. The fourth-order valence-electron chi connectivity index (χ4n) is 2.48. The highest BCUT2D eigenvalue weighted by Crippen LogP contribution is 2.18. The summed E-state index contributed by atoms with van der Waals surface area (Å²) in [6, 6.07) is 14.1. The molecule has 1 unspecified atom stereocenters. The maximum Gasteiger partial charge on any atom is 0.244 e. The molecule has 26 heavy (non-hydrogen) atoms. The average molecular weight is 402 g/mol. The first-order chi connectivity index (χ1) is 11.3. The normalized spacial score (nSPS) is 12.5. The maximum absolute atomic E-state index is 13.8. The van der Waals surface area contributed by atoms with Gasteiger partial charge in [0.1, 0.15) is 11.4 Å². The van der Waals surface area contributed by atoms with Crippen molar-refractivity contribution in [1.82, 2.24) is 10.2 Å². The van der Waals surface area contributed by atoms with E-state index in [0.29, 0.717) is 18.7 Å². The molecule has 0 saturated carbocycles. The highest BCUT2D eigenvalue weighted by Gasteiger charge is 2.29. The summed E-state index contributed by atoms with van der Waals surface area (Å²) < 4.78 is 13.8. The summed E-state index contributed by atoms with van der Waals surface area (Å²) in [6.07, 6.45) is 0. The monoisotopic (exact) mass is 401 g/mol. The van der Waals surface area contributed by atoms with Crippen molar-refractivity contribution < 1.29 is 9.18 Å². The molecule has 0 aliphatic carbocycles. The van der Waals surface area contributed by atoms with Gasteiger partial charge in [-0.1, -0.05) is 36.4 Å². The van der Waals surface area contributed by atoms with E-state index in [1.807, 2.05) is 49.3 Å². The van der Waals surface area contributed by atoms with Gasteiger partial charge in [0.15, 0.2) is 0 Å². The van der Waals surface area contributed by atoms with E-state index in [4.69, 9.17) is 5.73 Å². The van der Waals surface area contributed by atoms with Crippen molar-refractivity contribution in [1.29, 1.82) is 0 Å². The van der Waals surface area contributed by atoms with Crippen LogP contribution in [0.25, 0.3) is 0 Å². The lowest BCUT2D eigenvalue weighted by Gasteiger charge is -2.24. The Morgan fingerprint density at radius 2 is 1.77 bits per heavy atom. The number of amides is 1. The van der Waals surface area contributed by atoms with Crippen molar-refractivity contribution in [3.63, 3.8) is 0 Å². The van der Waals surface area contributed by atoms with Crippen molar-refractivity contribution in [3.8, 4) is 0 Å². The van der Waals surface area contributed by atoms with Crippen LogP contribution in [0.2, 0.25) is 0 Å². The number of nitrogens with zero attached hydrogens (tertiary/aromatic N) is 1. The van der Waals surface area contributed by atoms with E-state index < -0.39 is 5.54 Å². The number of halogens is 3. The minimum absolute atomic E-state index is 0. The van der Waals surface area contributed by atoms with Crippen LogP contribution in [0.4, 0.5) is 4.39 Å². The molecule has 1 atom stereocenters. The standard InChI is InChI=1S/C19H24FN3O.2ClH/c1-19(21,16-7-5-4-6-8-16)18(24)22-12-14-9-10-17(20)15(11-14)13-23(2)3;;/h4-11H,12-13,21H2,1-3H3,(H,22,24);2*1H. The molecule has 0 fully saturated rings. The summed E-state index contributed by atoms with van der Waals surface area (Å²) in [5, 5.41) is 2.84. The molecule has 0 aromatic heterocycles.